The number of ether oxygens (including phenoxy) is 2. The molecule has 0 atom stereocenters. The fourth-order valence-corrected chi connectivity index (χ4v) is 1.14. The van der Waals surface area contributed by atoms with Crippen LogP contribution in [0.2, 0.25) is 0 Å². The number of benzene rings is 1. The second-order valence-electron chi connectivity index (χ2n) is 3.20. The lowest BCUT2D eigenvalue weighted by Crippen LogP contribution is -2.18. The normalized spacial score (nSPS) is 11.3. The third-order valence-corrected chi connectivity index (χ3v) is 1.84. The molecule has 0 saturated carbocycles. The van der Waals surface area contributed by atoms with Crippen LogP contribution in [-0.2, 0) is 4.74 Å². The first-order valence-electron chi connectivity index (χ1n) is 4.76. The van der Waals surface area contributed by atoms with Crippen LogP contribution in [0.5, 0.6) is 5.75 Å². The molecule has 0 fully saturated rings. The van der Waals surface area contributed by atoms with Crippen LogP contribution in [0.4, 0.5) is 18.9 Å². The predicted molar refractivity (Wildman–Crippen MR) is 55.3 cm³/mol. The van der Waals surface area contributed by atoms with Gasteiger partial charge in [0.05, 0.1) is 6.61 Å². The second kappa shape index (κ2) is 5.58. The van der Waals surface area contributed by atoms with Crippen LogP contribution in [0.25, 0.3) is 0 Å². The Balaban J connectivity index is 2.61. The number of carboxylic acids is 1. The van der Waals surface area contributed by atoms with Crippen molar-refractivity contribution in [1.82, 2.24) is 0 Å². The van der Waals surface area contributed by atoms with Gasteiger partial charge in [-0.25, -0.2) is 4.79 Å². The SMILES string of the molecule is Nc1ccc(C(=O)O)c(OCCOC(F)(F)F)c1. The van der Waals surface area contributed by atoms with Gasteiger partial charge in [-0.3, -0.25) is 4.74 Å². The molecule has 0 unspecified atom stereocenters. The molecule has 1 aromatic rings. The summed E-state index contributed by atoms with van der Waals surface area (Å²) < 4.78 is 43.4. The fourth-order valence-electron chi connectivity index (χ4n) is 1.14. The summed E-state index contributed by atoms with van der Waals surface area (Å²) >= 11 is 0. The zero-order valence-electron chi connectivity index (χ0n) is 9.03. The Kier molecular flexibility index (Phi) is 4.38. The zero-order chi connectivity index (χ0) is 13.8. The van der Waals surface area contributed by atoms with Gasteiger partial charge in [0.2, 0.25) is 0 Å². The molecule has 0 aromatic heterocycles. The van der Waals surface area contributed by atoms with E-state index in [1.54, 1.807) is 0 Å². The number of nitrogens with two attached hydrogens (primary N) is 1. The molecule has 0 radical (unpaired) electrons. The highest BCUT2D eigenvalue weighted by atomic mass is 19.4. The maximum atomic E-state index is 11.7. The Morgan fingerprint density at radius 2 is 2.00 bits per heavy atom. The molecule has 8 heteroatoms. The average molecular weight is 265 g/mol. The van der Waals surface area contributed by atoms with Gasteiger partial charge >= 0.3 is 12.3 Å². The van der Waals surface area contributed by atoms with Gasteiger partial charge in [-0.1, -0.05) is 0 Å². The van der Waals surface area contributed by atoms with Gasteiger partial charge < -0.3 is 15.6 Å². The third kappa shape index (κ3) is 4.50. The number of nitrogen functional groups attached to an aromatic ring is 1. The molecular formula is C10H10F3NO4. The van der Waals surface area contributed by atoms with Crippen LogP contribution in [0.1, 0.15) is 10.4 Å². The number of hydrogen-bond acceptors (Lipinski definition) is 4. The summed E-state index contributed by atoms with van der Waals surface area (Å²) in [4.78, 5) is 10.8. The van der Waals surface area contributed by atoms with Crippen LogP contribution in [-0.4, -0.2) is 30.7 Å². The lowest BCUT2D eigenvalue weighted by molar-refractivity contribution is -0.325. The Morgan fingerprint density at radius 1 is 1.33 bits per heavy atom. The largest absolute Gasteiger partial charge is 0.522 e. The first-order chi connectivity index (χ1) is 8.29. The molecule has 5 nitrogen and oxygen atoms in total. The van der Waals surface area contributed by atoms with E-state index >= 15 is 0 Å². The molecule has 0 spiro atoms. The average Bonchev–Trinajstić information content (AvgIpc) is 2.22. The van der Waals surface area contributed by atoms with Crippen LogP contribution in [0.3, 0.4) is 0 Å². The highest BCUT2D eigenvalue weighted by Crippen LogP contribution is 2.22. The number of hydrogen-bond donors (Lipinski definition) is 2. The summed E-state index contributed by atoms with van der Waals surface area (Å²) in [5.74, 6) is -1.37. The molecule has 100 valence electrons. The number of rotatable bonds is 5. The summed E-state index contributed by atoms with van der Waals surface area (Å²) in [5.41, 5.74) is 5.48. The molecule has 0 saturated heterocycles. The second-order valence-corrected chi connectivity index (χ2v) is 3.20. The number of carbonyl (C=O) groups is 1. The van der Waals surface area contributed by atoms with E-state index in [1.807, 2.05) is 0 Å². The number of alkyl halides is 3. The van der Waals surface area contributed by atoms with Gasteiger partial charge in [0.25, 0.3) is 0 Å². The van der Waals surface area contributed by atoms with Crippen LogP contribution in [0.15, 0.2) is 18.2 Å². The third-order valence-electron chi connectivity index (χ3n) is 1.84. The lowest BCUT2D eigenvalue weighted by atomic mass is 10.2. The maximum Gasteiger partial charge on any atom is 0.522 e. The van der Waals surface area contributed by atoms with Gasteiger partial charge in [-0.15, -0.1) is 13.2 Å². The van der Waals surface area contributed by atoms with E-state index in [4.69, 9.17) is 15.6 Å². The Morgan fingerprint density at radius 3 is 2.56 bits per heavy atom. The van der Waals surface area contributed by atoms with Gasteiger partial charge in [0, 0.05) is 11.8 Å². The van der Waals surface area contributed by atoms with Gasteiger partial charge in [0.15, 0.2) is 0 Å². The van der Waals surface area contributed by atoms with Gasteiger partial charge in [0.1, 0.15) is 17.9 Å². The summed E-state index contributed by atoms with van der Waals surface area (Å²) in [7, 11) is 0. The molecule has 1 aromatic carbocycles. The van der Waals surface area contributed by atoms with E-state index in [-0.39, 0.29) is 17.0 Å². The Labute approximate surface area is 99.9 Å². The van der Waals surface area contributed by atoms with Gasteiger partial charge in [-0.2, -0.15) is 0 Å². The van der Waals surface area contributed by atoms with Crippen molar-refractivity contribution in [2.24, 2.45) is 0 Å². The van der Waals surface area contributed by atoms with E-state index in [1.165, 1.54) is 18.2 Å². The standard InChI is InChI=1S/C10H10F3NO4/c11-10(12,13)18-4-3-17-8-5-6(14)1-2-7(8)9(15)16/h1-2,5H,3-4,14H2,(H,15,16). The highest BCUT2D eigenvalue weighted by Gasteiger charge is 2.28. The van der Waals surface area contributed by atoms with Crippen molar-refractivity contribution in [2.45, 2.75) is 6.36 Å². The first-order valence-corrected chi connectivity index (χ1v) is 4.76. The van der Waals surface area contributed by atoms with Crippen molar-refractivity contribution < 1.29 is 32.5 Å². The summed E-state index contributed by atoms with van der Waals surface area (Å²) in [5, 5.41) is 8.81. The number of halogens is 3. The fraction of sp³-hybridized carbons (Fsp3) is 0.300. The van der Waals surface area contributed by atoms with E-state index in [9.17, 15) is 18.0 Å². The summed E-state index contributed by atoms with van der Waals surface area (Å²) in [6.07, 6.45) is -4.74. The molecule has 0 heterocycles. The predicted octanol–water partition coefficient (Wildman–Crippen LogP) is 1.88. The van der Waals surface area contributed by atoms with Crippen LogP contribution < -0.4 is 10.5 Å². The molecule has 0 amide bonds. The molecule has 3 N–H and O–H groups in total. The zero-order valence-corrected chi connectivity index (χ0v) is 9.03. The van der Waals surface area contributed by atoms with Crippen molar-refractivity contribution in [2.75, 3.05) is 18.9 Å². The molecular weight excluding hydrogens is 255 g/mol. The number of anilines is 1. The van der Waals surface area contributed by atoms with Gasteiger partial charge in [-0.05, 0) is 12.1 Å². The van der Waals surface area contributed by atoms with Crippen LogP contribution >= 0.6 is 0 Å². The topological polar surface area (TPSA) is 81.8 Å². The number of aromatic carboxylic acids is 1. The van der Waals surface area contributed by atoms with Crippen molar-refractivity contribution in [3.05, 3.63) is 23.8 Å². The minimum absolute atomic E-state index is 0.103. The van der Waals surface area contributed by atoms with Crippen molar-refractivity contribution in [3.63, 3.8) is 0 Å². The minimum Gasteiger partial charge on any atom is -0.490 e. The summed E-state index contributed by atoms with van der Waals surface area (Å²) in [6, 6.07) is 3.77. The molecule has 0 bridgehead atoms. The van der Waals surface area contributed by atoms with E-state index in [2.05, 4.69) is 4.74 Å². The van der Waals surface area contributed by atoms with Crippen molar-refractivity contribution in [1.29, 1.82) is 0 Å². The monoisotopic (exact) mass is 265 g/mol. The molecule has 1 rings (SSSR count). The van der Waals surface area contributed by atoms with Crippen molar-refractivity contribution in [3.8, 4) is 5.75 Å². The Hall–Kier alpha value is -1.96. The quantitative estimate of drug-likeness (QED) is 0.627. The maximum absolute atomic E-state index is 11.7. The smallest absolute Gasteiger partial charge is 0.490 e. The van der Waals surface area contributed by atoms with Crippen molar-refractivity contribution >= 4 is 11.7 Å². The molecule has 0 aliphatic rings. The van der Waals surface area contributed by atoms with E-state index < -0.39 is 25.5 Å². The number of carboxylic acid groups (broad SMARTS) is 1. The van der Waals surface area contributed by atoms with Crippen LogP contribution in [0, 0.1) is 0 Å². The molecule has 0 aliphatic heterocycles. The first kappa shape index (κ1) is 14.1. The Bertz CT molecular complexity index is 434. The molecule has 18 heavy (non-hydrogen) atoms. The highest BCUT2D eigenvalue weighted by molar-refractivity contribution is 5.91. The molecule has 0 aliphatic carbocycles. The lowest BCUT2D eigenvalue weighted by Gasteiger charge is -2.11. The van der Waals surface area contributed by atoms with E-state index in [0.29, 0.717) is 0 Å². The minimum atomic E-state index is -4.74. The summed E-state index contributed by atoms with van der Waals surface area (Å²) in [6.45, 7) is -1.18. The van der Waals surface area contributed by atoms with E-state index in [0.717, 1.165) is 0 Å².